The molecule has 1 aromatic rings. The van der Waals surface area contributed by atoms with Gasteiger partial charge in [-0.1, -0.05) is 11.6 Å². The number of hydrazone groups is 1. The maximum Gasteiger partial charge on any atom is 0.256 e. The molecule has 0 unspecified atom stereocenters. The standard InChI is InChI=1S/C12H13ClN2O2/c1-8-11(6-7-16)12(17)15(14-8)10-4-2-9(13)3-5-10/h2-5,11,16H,6-7H2,1H3/t11-/m0/s1. The third-order valence-electron chi connectivity index (χ3n) is 2.76. The number of aliphatic hydroxyl groups is 1. The fourth-order valence-electron chi connectivity index (χ4n) is 1.83. The predicted molar refractivity (Wildman–Crippen MR) is 67.2 cm³/mol. The van der Waals surface area contributed by atoms with Gasteiger partial charge in [-0.05, 0) is 37.6 Å². The van der Waals surface area contributed by atoms with Crippen molar-refractivity contribution in [2.75, 3.05) is 11.6 Å². The molecule has 0 spiro atoms. The monoisotopic (exact) mass is 252 g/mol. The number of carbonyl (C=O) groups is 1. The van der Waals surface area contributed by atoms with E-state index in [4.69, 9.17) is 16.7 Å². The third kappa shape index (κ3) is 2.33. The predicted octanol–water partition coefficient (Wildman–Crippen LogP) is 2.06. The molecule has 1 aromatic carbocycles. The Morgan fingerprint density at radius 2 is 2.06 bits per heavy atom. The molecule has 0 aromatic heterocycles. The second-order valence-corrected chi connectivity index (χ2v) is 4.37. The summed E-state index contributed by atoms with van der Waals surface area (Å²) >= 11 is 5.79. The quantitative estimate of drug-likeness (QED) is 0.895. The molecule has 1 aliphatic heterocycles. The van der Waals surface area contributed by atoms with Crippen LogP contribution < -0.4 is 5.01 Å². The first kappa shape index (κ1) is 12.1. The summed E-state index contributed by atoms with van der Waals surface area (Å²) < 4.78 is 0. The largest absolute Gasteiger partial charge is 0.396 e. The Morgan fingerprint density at radius 3 is 2.65 bits per heavy atom. The molecule has 0 saturated carbocycles. The Kier molecular flexibility index (Phi) is 3.45. The van der Waals surface area contributed by atoms with E-state index in [1.165, 1.54) is 5.01 Å². The molecular formula is C12H13ClN2O2. The highest BCUT2D eigenvalue weighted by Crippen LogP contribution is 2.26. The molecule has 2 rings (SSSR count). The molecule has 1 N–H and O–H groups in total. The number of hydrogen-bond donors (Lipinski definition) is 1. The Hall–Kier alpha value is -1.39. The van der Waals surface area contributed by atoms with Gasteiger partial charge in [0.05, 0.1) is 11.6 Å². The Labute approximate surface area is 104 Å². The van der Waals surface area contributed by atoms with Crippen LogP contribution in [0.15, 0.2) is 29.4 Å². The normalized spacial score (nSPS) is 19.7. The van der Waals surface area contributed by atoms with Gasteiger partial charge in [-0.25, -0.2) is 5.01 Å². The zero-order valence-electron chi connectivity index (χ0n) is 9.43. The van der Waals surface area contributed by atoms with E-state index in [2.05, 4.69) is 5.10 Å². The van der Waals surface area contributed by atoms with Crippen LogP contribution in [0.4, 0.5) is 5.69 Å². The number of benzene rings is 1. The van der Waals surface area contributed by atoms with Crippen LogP contribution in [0.5, 0.6) is 0 Å². The lowest BCUT2D eigenvalue weighted by molar-refractivity contribution is -0.120. The third-order valence-corrected chi connectivity index (χ3v) is 3.01. The number of aliphatic hydroxyl groups excluding tert-OH is 1. The van der Waals surface area contributed by atoms with Gasteiger partial charge in [0.15, 0.2) is 0 Å². The molecule has 5 heteroatoms. The smallest absolute Gasteiger partial charge is 0.256 e. The first-order valence-corrected chi connectivity index (χ1v) is 5.77. The first-order chi connectivity index (χ1) is 8.13. The van der Waals surface area contributed by atoms with Crippen molar-refractivity contribution in [1.82, 2.24) is 0 Å². The summed E-state index contributed by atoms with van der Waals surface area (Å²) in [5.74, 6) is -0.408. The van der Waals surface area contributed by atoms with Crippen molar-refractivity contribution < 1.29 is 9.90 Å². The molecule has 1 aliphatic rings. The second kappa shape index (κ2) is 4.85. The minimum atomic E-state index is -0.310. The Balaban J connectivity index is 2.24. The van der Waals surface area contributed by atoms with Crippen LogP contribution >= 0.6 is 11.6 Å². The first-order valence-electron chi connectivity index (χ1n) is 5.39. The van der Waals surface area contributed by atoms with Crippen LogP contribution in [0.3, 0.4) is 0 Å². The van der Waals surface area contributed by atoms with Crippen LogP contribution in [0.1, 0.15) is 13.3 Å². The summed E-state index contributed by atoms with van der Waals surface area (Å²) in [5.41, 5.74) is 1.43. The molecule has 4 nitrogen and oxygen atoms in total. The van der Waals surface area contributed by atoms with E-state index in [0.717, 1.165) is 5.71 Å². The molecule has 1 heterocycles. The van der Waals surface area contributed by atoms with Gasteiger partial charge in [-0.15, -0.1) is 0 Å². The summed E-state index contributed by atoms with van der Waals surface area (Å²) in [4.78, 5) is 12.1. The van der Waals surface area contributed by atoms with Crippen LogP contribution in [0, 0.1) is 5.92 Å². The van der Waals surface area contributed by atoms with Gasteiger partial charge in [-0.2, -0.15) is 5.10 Å². The van der Waals surface area contributed by atoms with Crippen molar-refractivity contribution >= 4 is 28.9 Å². The molecular weight excluding hydrogens is 240 g/mol. The van der Waals surface area contributed by atoms with Gasteiger partial charge in [0.2, 0.25) is 0 Å². The average Bonchev–Trinajstić information content (AvgIpc) is 2.59. The van der Waals surface area contributed by atoms with E-state index in [-0.39, 0.29) is 18.4 Å². The number of carbonyl (C=O) groups excluding carboxylic acids is 1. The summed E-state index contributed by atoms with van der Waals surface area (Å²) in [6.07, 6.45) is 0.415. The van der Waals surface area contributed by atoms with Gasteiger partial charge in [0, 0.05) is 17.3 Å². The van der Waals surface area contributed by atoms with Crippen molar-refractivity contribution in [3.05, 3.63) is 29.3 Å². The SMILES string of the molecule is CC1=NN(c2ccc(Cl)cc2)C(=O)[C@H]1CCO. The lowest BCUT2D eigenvalue weighted by atomic mass is 10.0. The van der Waals surface area contributed by atoms with Crippen molar-refractivity contribution in [2.24, 2.45) is 11.0 Å². The number of hydrogen-bond acceptors (Lipinski definition) is 3. The highest BCUT2D eigenvalue weighted by molar-refractivity contribution is 6.30. The zero-order chi connectivity index (χ0) is 12.4. The molecule has 90 valence electrons. The lowest BCUT2D eigenvalue weighted by Gasteiger charge is -2.13. The number of anilines is 1. The minimum absolute atomic E-state index is 0.0161. The zero-order valence-corrected chi connectivity index (χ0v) is 10.2. The summed E-state index contributed by atoms with van der Waals surface area (Å²) in [7, 11) is 0. The number of rotatable bonds is 3. The fraction of sp³-hybridized carbons (Fsp3) is 0.333. The van der Waals surface area contributed by atoms with E-state index in [1.54, 1.807) is 31.2 Å². The van der Waals surface area contributed by atoms with Gasteiger partial charge < -0.3 is 5.11 Å². The second-order valence-electron chi connectivity index (χ2n) is 3.93. The molecule has 1 amide bonds. The van der Waals surface area contributed by atoms with Crippen LogP contribution in [-0.2, 0) is 4.79 Å². The molecule has 0 bridgehead atoms. The van der Waals surface area contributed by atoms with Crippen molar-refractivity contribution in [2.45, 2.75) is 13.3 Å². The maximum absolute atomic E-state index is 12.1. The number of nitrogens with zero attached hydrogens (tertiary/aromatic N) is 2. The van der Waals surface area contributed by atoms with E-state index < -0.39 is 0 Å². The van der Waals surface area contributed by atoms with Gasteiger partial charge >= 0.3 is 0 Å². The van der Waals surface area contributed by atoms with Gasteiger partial charge in [0.25, 0.3) is 5.91 Å². The molecule has 17 heavy (non-hydrogen) atoms. The topological polar surface area (TPSA) is 52.9 Å². The van der Waals surface area contributed by atoms with Crippen molar-refractivity contribution in [1.29, 1.82) is 0 Å². The summed E-state index contributed by atoms with van der Waals surface area (Å²) in [6.45, 7) is 1.78. The fourth-order valence-corrected chi connectivity index (χ4v) is 1.96. The van der Waals surface area contributed by atoms with Crippen LogP contribution in [0.25, 0.3) is 0 Å². The summed E-state index contributed by atoms with van der Waals surface area (Å²) in [6, 6.07) is 6.93. The molecule has 0 fully saturated rings. The molecule has 0 saturated heterocycles. The highest BCUT2D eigenvalue weighted by atomic mass is 35.5. The average molecular weight is 253 g/mol. The Bertz CT molecular complexity index is 456. The number of halogens is 1. The highest BCUT2D eigenvalue weighted by Gasteiger charge is 2.33. The summed E-state index contributed by atoms with van der Waals surface area (Å²) in [5, 5.41) is 15.1. The maximum atomic E-state index is 12.1. The number of amides is 1. The van der Waals surface area contributed by atoms with Crippen LogP contribution in [0.2, 0.25) is 5.02 Å². The molecule has 0 aliphatic carbocycles. The van der Waals surface area contributed by atoms with E-state index in [1.807, 2.05) is 0 Å². The minimum Gasteiger partial charge on any atom is -0.396 e. The molecule has 1 atom stereocenters. The van der Waals surface area contributed by atoms with E-state index in [0.29, 0.717) is 17.1 Å². The van der Waals surface area contributed by atoms with E-state index in [9.17, 15) is 4.79 Å². The lowest BCUT2D eigenvalue weighted by Crippen LogP contribution is -2.27. The van der Waals surface area contributed by atoms with E-state index >= 15 is 0 Å². The molecule has 0 radical (unpaired) electrons. The van der Waals surface area contributed by atoms with Gasteiger partial charge in [-0.3, -0.25) is 4.79 Å². The van der Waals surface area contributed by atoms with Crippen molar-refractivity contribution in [3.63, 3.8) is 0 Å². The van der Waals surface area contributed by atoms with Crippen LogP contribution in [-0.4, -0.2) is 23.3 Å². The Morgan fingerprint density at radius 1 is 1.41 bits per heavy atom. The van der Waals surface area contributed by atoms with Gasteiger partial charge in [0.1, 0.15) is 0 Å². The van der Waals surface area contributed by atoms with Crippen molar-refractivity contribution in [3.8, 4) is 0 Å².